The van der Waals surface area contributed by atoms with Crippen LogP contribution in [-0.2, 0) is 0 Å². The number of allylic oxidation sites excluding steroid dienone is 2. The van der Waals surface area contributed by atoms with Crippen molar-refractivity contribution in [2.45, 2.75) is 12.1 Å². The Morgan fingerprint density at radius 2 is 0.671 bits per heavy atom. The van der Waals surface area contributed by atoms with Crippen molar-refractivity contribution in [1.82, 2.24) is 19.9 Å². The maximum Gasteiger partial charge on any atom is 0.113 e. The van der Waals surface area contributed by atoms with E-state index in [1.165, 1.54) is 0 Å². The van der Waals surface area contributed by atoms with E-state index in [-0.39, 0.29) is 0 Å². The maximum atomic E-state index is 10.8. The van der Waals surface area contributed by atoms with Crippen LogP contribution in [0.2, 0.25) is 0 Å². The highest BCUT2D eigenvalue weighted by atomic mass is 14.9. The molecule has 0 aliphatic carbocycles. The van der Waals surface area contributed by atoms with Gasteiger partial charge in [0, 0.05) is 24.8 Å². The number of aromatic nitrogens is 4. The third-order valence-corrected chi connectivity index (χ3v) is 13.0. The van der Waals surface area contributed by atoms with Crippen molar-refractivity contribution < 1.29 is 0 Å². The van der Waals surface area contributed by atoms with Crippen molar-refractivity contribution in [3.63, 3.8) is 0 Å². The number of aliphatic imine (C=N–C) groups is 2. The van der Waals surface area contributed by atoms with Crippen molar-refractivity contribution in [2.24, 2.45) is 21.8 Å². The van der Waals surface area contributed by atoms with Crippen molar-refractivity contribution in [2.75, 3.05) is 0 Å². The van der Waals surface area contributed by atoms with E-state index in [0.29, 0.717) is 56.5 Å². The second kappa shape index (κ2) is 18.4. The molecule has 0 N–H and O–H groups in total. The minimum absolute atomic E-state index is 0.304. The molecule has 70 heavy (non-hydrogen) atoms. The zero-order chi connectivity index (χ0) is 47.6. The normalized spacial score (nSPS) is 17.7. The molecule has 0 bridgehead atoms. The number of nitriles is 4. The lowest BCUT2D eigenvalue weighted by Crippen LogP contribution is -2.24. The highest BCUT2D eigenvalue weighted by Gasteiger charge is 2.38. The van der Waals surface area contributed by atoms with Gasteiger partial charge in [0.15, 0.2) is 0 Å². The number of dihydropyridines is 2. The fraction of sp³-hybridized carbons (Fsp3) is 0.0667. The molecule has 4 aromatic heterocycles. The third-order valence-electron chi connectivity index (χ3n) is 13.0. The molecular weight excluding hydrogens is 861 g/mol. The molecule has 0 saturated carbocycles. The molecule has 0 amide bonds. The first-order valence-corrected chi connectivity index (χ1v) is 22.6. The largest absolute Gasteiger partial charge is 0.270 e. The second-order valence-corrected chi connectivity index (χ2v) is 16.8. The Morgan fingerprint density at radius 1 is 0.343 bits per heavy atom. The van der Waals surface area contributed by atoms with Gasteiger partial charge in [-0.3, -0.25) is 29.9 Å². The van der Waals surface area contributed by atoms with Gasteiger partial charge in [-0.2, -0.15) is 21.0 Å². The number of fused-ring (bicyclic) bond motifs is 2. The molecule has 2 aliphatic heterocycles. The molecule has 5 aromatic carbocycles. The number of hydrogen-bond donors (Lipinski definition) is 0. The molecule has 10 heteroatoms. The van der Waals surface area contributed by atoms with Gasteiger partial charge >= 0.3 is 0 Å². The number of pyridine rings is 4. The molecule has 0 spiro atoms. The summed E-state index contributed by atoms with van der Waals surface area (Å²) in [4.78, 5) is 28.3. The molecule has 4 atom stereocenters. The molecule has 2 aliphatic rings. The van der Waals surface area contributed by atoms with E-state index in [1.54, 1.807) is 24.8 Å². The Bertz CT molecular complexity index is 3490. The molecule has 6 heterocycles. The average molecular weight is 897 g/mol. The Labute approximate surface area is 403 Å². The summed E-state index contributed by atoms with van der Waals surface area (Å²) in [5.74, 6) is -1.58. The van der Waals surface area contributed by atoms with Crippen LogP contribution >= 0.6 is 0 Å². The highest BCUT2D eigenvalue weighted by molar-refractivity contribution is 6.23. The average Bonchev–Trinajstić information content (AvgIpc) is 3.44. The molecule has 10 nitrogen and oxygen atoms in total. The van der Waals surface area contributed by atoms with Crippen LogP contribution in [0, 0.1) is 57.2 Å². The number of rotatable bonds is 8. The Kier molecular flexibility index (Phi) is 11.2. The minimum Gasteiger partial charge on any atom is -0.270 e. The molecular formula is C60H36N10. The van der Waals surface area contributed by atoms with Gasteiger partial charge in [-0.05, 0) is 115 Å². The lowest BCUT2D eigenvalue weighted by Gasteiger charge is -2.28. The van der Waals surface area contributed by atoms with Gasteiger partial charge in [-0.15, -0.1) is 0 Å². The summed E-state index contributed by atoms with van der Waals surface area (Å²) in [5.41, 5.74) is 10.4. The lowest BCUT2D eigenvalue weighted by atomic mass is 9.78. The summed E-state index contributed by atoms with van der Waals surface area (Å²) >= 11 is 0. The lowest BCUT2D eigenvalue weighted by molar-refractivity contribution is 0.619. The first kappa shape index (κ1) is 42.6. The fourth-order valence-electron chi connectivity index (χ4n) is 9.94. The van der Waals surface area contributed by atoms with Crippen LogP contribution in [0.25, 0.3) is 54.9 Å². The zero-order valence-electron chi connectivity index (χ0n) is 37.3. The van der Waals surface area contributed by atoms with E-state index in [1.807, 2.05) is 121 Å². The zero-order valence-corrected chi connectivity index (χ0v) is 37.3. The summed E-state index contributed by atoms with van der Waals surface area (Å²) in [7, 11) is 0. The number of hydrogen-bond acceptors (Lipinski definition) is 10. The van der Waals surface area contributed by atoms with Crippen molar-refractivity contribution >= 4 is 44.1 Å². The van der Waals surface area contributed by atoms with Gasteiger partial charge < -0.3 is 0 Å². The molecule has 11 rings (SSSR count). The Balaban J connectivity index is 1.03. The summed E-state index contributed by atoms with van der Waals surface area (Å²) < 4.78 is 0. The van der Waals surface area contributed by atoms with E-state index in [2.05, 4.69) is 92.7 Å². The maximum absolute atomic E-state index is 10.8. The first-order chi connectivity index (χ1) is 34.6. The molecule has 0 radical (unpaired) electrons. The van der Waals surface area contributed by atoms with Crippen LogP contribution in [0.4, 0.5) is 0 Å². The van der Waals surface area contributed by atoms with E-state index < -0.39 is 23.9 Å². The van der Waals surface area contributed by atoms with E-state index in [0.717, 1.165) is 54.9 Å². The molecule has 0 saturated heterocycles. The summed E-state index contributed by atoms with van der Waals surface area (Å²) in [6, 6.07) is 63.5. The predicted octanol–water partition coefficient (Wildman–Crippen LogP) is 12.2. The van der Waals surface area contributed by atoms with Crippen LogP contribution < -0.4 is 0 Å². The quantitative estimate of drug-likeness (QED) is 0.136. The molecule has 0 fully saturated rings. The monoisotopic (exact) mass is 896 g/mol. The Morgan fingerprint density at radius 3 is 0.971 bits per heavy atom. The van der Waals surface area contributed by atoms with Crippen LogP contribution in [0.5, 0.6) is 0 Å². The molecule has 326 valence electrons. The second-order valence-electron chi connectivity index (χ2n) is 16.8. The van der Waals surface area contributed by atoms with Crippen molar-refractivity contribution in [3.8, 4) is 46.5 Å². The topological polar surface area (TPSA) is 171 Å². The van der Waals surface area contributed by atoms with Crippen LogP contribution in [0.3, 0.4) is 0 Å². The summed E-state index contributed by atoms with van der Waals surface area (Å²) in [6.45, 7) is 0. The van der Waals surface area contributed by atoms with Gasteiger partial charge in [0.25, 0.3) is 0 Å². The number of benzene rings is 5. The summed E-state index contributed by atoms with van der Waals surface area (Å²) in [5, 5.41) is 47.3. The third kappa shape index (κ3) is 7.36. The van der Waals surface area contributed by atoms with E-state index in [4.69, 9.17) is 9.98 Å². The van der Waals surface area contributed by atoms with Crippen LogP contribution in [0.15, 0.2) is 216 Å². The van der Waals surface area contributed by atoms with Crippen LogP contribution in [0.1, 0.15) is 46.0 Å². The van der Waals surface area contributed by atoms with Gasteiger partial charge in [-0.1, -0.05) is 121 Å². The van der Waals surface area contributed by atoms with E-state index in [9.17, 15) is 21.0 Å². The van der Waals surface area contributed by atoms with Gasteiger partial charge in [0.05, 0.1) is 46.1 Å². The minimum atomic E-state index is -0.791. The van der Waals surface area contributed by atoms with Gasteiger partial charge in [0.1, 0.15) is 47.5 Å². The fourth-order valence-corrected chi connectivity index (χ4v) is 9.94. The Hall–Kier alpha value is -10.0. The predicted molar refractivity (Wildman–Crippen MR) is 271 cm³/mol. The molecule has 9 aromatic rings. The van der Waals surface area contributed by atoms with E-state index >= 15 is 0 Å². The van der Waals surface area contributed by atoms with Crippen molar-refractivity contribution in [3.05, 3.63) is 240 Å². The van der Waals surface area contributed by atoms with Gasteiger partial charge in [0.2, 0.25) is 0 Å². The van der Waals surface area contributed by atoms with Crippen molar-refractivity contribution in [1.29, 1.82) is 21.0 Å². The first-order valence-electron chi connectivity index (χ1n) is 22.6. The smallest absolute Gasteiger partial charge is 0.113 e. The van der Waals surface area contributed by atoms with Gasteiger partial charge in [-0.25, -0.2) is 0 Å². The molecule has 4 unspecified atom stereocenters. The highest BCUT2D eigenvalue weighted by Crippen LogP contribution is 2.47. The number of nitrogens with zero attached hydrogens (tertiary/aromatic N) is 10. The van der Waals surface area contributed by atoms with Crippen LogP contribution in [-0.4, -0.2) is 31.4 Å². The standard InChI is InChI=1S/C60H36N10/c61-33-45-55(46(34-62)58(50-18-6-10-30-66-50)69-57(45)49-17-5-9-29-65-49)39-25-21-37(22-26-39)53-41-13-1-2-14-42(41)54(44-16-4-3-15-43(44)53)38-23-27-40(28-24-38)56-47(35-63)59(51-19-7-11-31-67-51)70-60(48(56)36-64)52-20-8-12-32-68-52/h1-32,45,47,57,59H. The summed E-state index contributed by atoms with van der Waals surface area (Å²) in [6.07, 6.45) is 6.71. The SMILES string of the molecule is N#CC1=C(c2ccc(-c3c4ccccc4c(-c4ccc(C5=C(C#N)C(c6ccccn6)=NC(c6ccccn6)C5C#N)cc4)c4ccccc34)cc2)C(C#N)C(c2ccccn2)N=C1c1ccccn1.